The minimum atomic E-state index is 0.888. The number of hydrogen-bond acceptors (Lipinski definition) is 2. The first-order valence-electron chi connectivity index (χ1n) is 8.28. The molecule has 0 N–H and O–H groups in total. The zero-order valence-electron chi connectivity index (χ0n) is 13.8. The summed E-state index contributed by atoms with van der Waals surface area (Å²) in [4.78, 5) is 4.26. The van der Waals surface area contributed by atoms with Gasteiger partial charge in [0.1, 0.15) is 5.76 Å². The summed E-state index contributed by atoms with van der Waals surface area (Å²) in [5, 5.41) is 2.48. The summed E-state index contributed by atoms with van der Waals surface area (Å²) in [5.74, 6) is 0.888. The first-order chi connectivity index (χ1) is 12.3. The van der Waals surface area contributed by atoms with Crippen molar-refractivity contribution >= 4 is 21.8 Å². The molecule has 0 atom stereocenters. The maximum absolute atomic E-state index is 5.53. The van der Waals surface area contributed by atoms with Gasteiger partial charge in [-0.3, -0.25) is 4.98 Å². The maximum atomic E-state index is 5.53. The van der Waals surface area contributed by atoms with E-state index in [4.69, 9.17) is 4.42 Å². The molecule has 0 fully saturated rings. The summed E-state index contributed by atoms with van der Waals surface area (Å²) in [6.45, 7) is 0. The van der Waals surface area contributed by atoms with Crippen molar-refractivity contribution in [2.24, 2.45) is 7.05 Å². The number of pyridine rings is 1. The predicted octanol–water partition coefficient (Wildman–Crippen LogP) is 5.65. The Bertz CT molecular complexity index is 1200. The lowest BCUT2D eigenvalue weighted by atomic mass is 10.0. The molecular weight excluding hydrogens is 308 g/mol. The molecule has 0 spiro atoms. The number of aromatic nitrogens is 2. The van der Waals surface area contributed by atoms with Crippen molar-refractivity contribution in [3.05, 3.63) is 79.3 Å². The van der Waals surface area contributed by atoms with Crippen LogP contribution in [0.3, 0.4) is 0 Å². The fraction of sp³-hybridized carbons (Fsp3) is 0.0455. The second kappa shape index (κ2) is 5.35. The van der Waals surface area contributed by atoms with E-state index in [2.05, 4.69) is 65.1 Å². The third kappa shape index (κ3) is 2.17. The summed E-state index contributed by atoms with van der Waals surface area (Å²) in [7, 11) is 2.09. The van der Waals surface area contributed by atoms with Crippen molar-refractivity contribution in [2.75, 3.05) is 0 Å². The van der Waals surface area contributed by atoms with Gasteiger partial charge in [-0.25, -0.2) is 0 Å². The third-order valence-electron chi connectivity index (χ3n) is 4.81. The van der Waals surface area contributed by atoms with Gasteiger partial charge in [0, 0.05) is 35.1 Å². The summed E-state index contributed by atoms with van der Waals surface area (Å²) in [6.07, 6.45) is 5.48. The highest BCUT2D eigenvalue weighted by Gasteiger charge is 2.10. The molecule has 25 heavy (non-hydrogen) atoms. The average molecular weight is 324 g/mol. The Labute approximate surface area is 145 Å². The Balaban J connectivity index is 1.71. The highest BCUT2D eigenvalue weighted by Crippen LogP contribution is 2.33. The highest BCUT2D eigenvalue weighted by molar-refractivity contribution is 6.09. The predicted molar refractivity (Wildman–Crippen MR) is 101 cm³/mol. The fourth-order valence-corrected chi connectivity index (χ4v) is 3.53. The number of furan rings is 1. The molecule has 0 unspecified atom stereocenters. The molecule has 2 aromatic carbocycles. The Morgan fingerprint density at radius 2 is 1.68 bits per heavy atom. The molecule has 120 valence electrons. The molecule has 3 heteroatoms. The number of aryl methyl sites for hydroxylation is 1. The summed E-state index contributed by atoms with van der Waals surface area (Å²) < 4.78 is 7.73. The summed E-state index contributed by atoms with van der Waals surface area (Å²) in [5.41, 5.74) is 5.84. The van der Waals surface area contributed by atoms with E-state index >= 15 is 0 Å². The van der Waals surface area contributed by atoms with Gasteiger partial charge in [-0.1, -0.05) is 24.3 Å². The van der Waals surface area contributed by atoms with Crippen LogP contribution in [0.1, 0.15) is 0 Å². The minimum absolute atomic E-state index is 0.888. The van der Waals surface area contributed by atoms with E-state index in [9.17, 15) is 0 Å². The Kier molecular flexibility index (Phi) is 3.01. The zero-order valence-corrected chi connectivity index (χ0v) is 13.8. The van der Waals surface area contributed by atoms with E-state index in [1.165, 1.54) is 27.4 Å². The molecule has 0 amide bonds. The summed E-state index contributed by atoms with van der Waals surface area (Å²) >= 11 is 0. The minimum Gasteiger partial charge on any atom is -0.464 e. The topological polar surface area (TPSA) is 31.0 Å². The fourth-order valence-electron chi connectivity index (χ4n) is 3.53. The lowest BCUT2D eigenvalue weighted by Gasteiger charge is -2.05. The smallest absolute Gasteiger partial charge is 0.133 e. The number of fused-ring (bicyclic) bond motifs is 3. The molecule has 3 aromatic heterocycles. The SMILES string of the molecule is Cn1c2ccc(-c3cccc(-c4ccco4)c3)cc2c2ccncc21. The van der Waals surface area contributed by atoms with E-state index in [-0.39, 0.29) is 0 Å². The largest absolute Gasteiger partial charge is 0.464 e. The Morgan fingerprint density at radius 3 is 2.56 bits per heavy atom. The van der Waals surface area contributed by atoms with Crippen LogP contribution in [0.5, 0.6) is 0 Å². The van der Waals surface area contributed by atoms with Crippen LogP contribution in [0, 0.1) is 0 Å². The lowest BCUT2D eigenvalue weighted by Crippen LogP contribution is -1.86. The van der Waals surface area contributed by atoms with Crippen molar-refractivity contribution in [2.45, 2.75) is 0 Å². The second-order valence-corrected chi connectivity index (χ2v) is 6.24. The maximum Gasteiger partial charge on any atom is 0.133 e. The zero-order chi connectivity index (χ0) is 16.8. The molecule has 0 aliphatic heterocycles. The number of hydrogen-bond donors (Lipinski definition) is 0. The van der Waals surface area contributed by atoms with Crippen LogP contribution in [-0.4, -0.2) is 9.55 Å². The lowest BCUT2D eigenvalue weighted by molar-refractivity contribution is 0.582. The molecule has 0 saturated carbocycles. The molecule has 0 aliphatic carbocycles. The monoisotopic (exact) mass is 324 g/mol. The van der Waals surface area contributed by atoms with Gasteiger partial charge in [-0.15, -0.1) is 0 Å². The van der Waals surface area contributed by atoms with Crippen LogP contribution in [0.15, 0.2) is 83.7 Å². The van der Waals surface area contributed by atoms with Crippen LogP contribution in [0.4, 0.5) is 0 Å². The van der Waals surface area contributed by atoms with E-state index in [0.29, 0.717) is 0 Å². The van der Waals surface area contributed by atoms with E-state index in [1.807, 2.05) is 24.5 Å². The molecule has 0 saturated heterocycles. The average Bonchev–Trinajstić information content (AvgIpc) is 3.30. The number of rotatable bonds is 2. The molecule has 3 nitrogen and oxygen atoms in total. The van der Waals surface area contributed by atoms with Gasteiger partial charge < -0.3 is 8.98 Å². The molecular formula is C22H16N2O. The van der Waals surface area contributed by atoms with Gasteiger partial charge in [-0.05, 0) is 47.5 Å². The standard InChI is InChI=1S/C22H16N2O/c1-24-20-8-7-16(13-19(20)18-9-10-23-14-21(18)24)15-4-2-5-17(12-15)22-6-3-11-25-22/h2-14H,1H3. The molecule has 0 bridgehead atoms. The Morgan fingerprint density at radius 1 is 0.800 bits per heavy atom. The molecule has 5 rings (SSSR count). The van der Waals surface area contributed by atoms with Gasteiger partial charge >= 0.3 is 0 Å². The van der Waals surface area contributed by atoms with E-state index in [0.717, 1.165) is 16.8 Å². The second-order valence-electron chi connectivity index (χ2n) is 6.24. The van der Waals surface area contributed by atoms with Gasteiger partial charge in [-0.2, -0.15) is 0 Å². The molecule has 3 heterocycles. The van der Waals surface area contributed by atoms with E-state index < -0.39 is 0 Å². The van der Waals surface area contributed by atoms with Crippen LogP contribution < -0.4 is 0 Å². The van der Waals surface area contributed by atoms with Gasteiger partial charge in [0.25, 0.3) is 0 Å². The van der Waals surface area contributed by atoms with Crippen LogP contribution in [-0.2, 0) is 7.05 Å². The highest BCUT2D eigenvalue weighted by atomic mass is 16.3. The normalized spacial score (nSPS) is 11.4. The van der Waals surface area contributed by atoms with Crippen LogP contribution in [0.2, 0.25) is 0 Å². The first kappa shape index (κ1) is 14.1. The van der Waals surface area contributed by atoms with Gasteiger partial charge in [0.15, 0.2) is 0 Å². The summed E-state index contributed by atoms with van der Waals surface area (Å²) in [6, 6.07) is 21.1. The first-order valence-corrected chi connectivity index (χ1v) is 8.28. The van der Waals surface area contributed by atoms with Crippen molar-refractivity contribution in [3.8, 4) is 22.5 Å². The molecule has 0 aliphatic rings. The van der Waals surface area contributed by atoms with Crippen molar-refractivity contribution < 1.29 is 4.42 Å². The number of benzene rings is 2. The van der Waals surface area contributed by atoms with Crippen LogP contribution in [0.25, 0.3) is 44.3 Å². The third-order valence-corrected chi connectivity index (χ3v) is 4.81. The van der Waals surface area contributed by atoms with Crippen molar-refractivity contribution in [1.29, 1.82) is 0 Å². The quantitative estimate of drug-likeness (QED) is 0.420. The number of nitrogens with zero attached hydrogens (tertiary/aromatic N) is 2. The Hall–Kier alpha value is -3.33. The molecule has 0 radical (unpaired) electrons. The van der Waals surface area contributed by atoms with E-state index in [1.54, 1.807) is 6.26 Å². The van der Waals surface area contributed by atoms with Gasteiger partial charge in [0.2, 0.25) is 0 Å². The van der Waals surface area contributed by atoms with Crippen molar-refractivity contribution in [3.63, 3.8) is 0 Å². The van der Waals surface area contributed by atoms with Crippen LogP contribution >= 0.6 is 0 Å². The molecule has 5 aromatic rings. The van der Waals surface area contributed by atoms with Gasteiger partial charge in [0.05, 0.1) is 18.0 Å². The van der Waals surface area contributed by atoms with Crippen molar-refractivity contribution in [1.82, 2.24) is 9.55 Å².